The van der Waals surface area contributed by atoms with Crippen LogP contribution in [0.15, 0.2) is 42.5 Å². The highest BCUT2D eigenvalue weighted by molar-refractivity contribution is 5.86. The molecule has 0 amide bonds. The number of carboxylic acids is 1. The largest absolute Gasteiger partial charge is 0.508 e. The van der Waals surface area contributed by atoms with Crippen molar-refractivity contribution >= 4 is 11.6 Å². The van der Waals surface area contributed by atoms with E-state index in [0.29, 0.717) is 17.0 Å². The Morgan fingerprint density at radius 2 is 1.95 bits per heavy atom. The van der Waals surface area contributed by atoms with Crippen LogP contribution >= 0.6 is 0 Å². The van der Waals surface area contributed by atoms with E-state index in [1.54, 1.807) is 30.3 Å². The van der Waals surface area contributed by atoms with E-state index in [-0.39, 0.29) is 11.4 Å². The van der Waals surface area contributed by atoms with E-state index in [9.17, 15) is 9.90 Å². The van der Waals surface area contributed by atoms with Gasteiger partial charge in [0.15, 0.2) is 17.2 Å². The molecule has 0 aliphatic rings. The molecule has 0 radical (unpaired) electrons. The lowest BCUT2D eigenvalue weighted by atomic mass is 10.2. The molecule has 0 saturated heterocycles. The number of rotatable bonds is 2. The molecule has 0 fully saturated rings. The summed E-state index contributed by atoms with van der Waals surface area (Å²) >= 11 is 0. The molecule has 6 heteroatoms. The summed E-state index contributed by atoms with van der Waals surface area (Å²) < 4.78 is 1.27. The van der Waals surface area contributed by atoms with Crippen molar-refractivity contribution in [1.29, 1.82) is 0 Å². The Labute approximate surface area is 107 Å². The van der Waals surface area contributed by atoms with Crippen LogP contribution in [0, 0.1) is 0 Å². The number of aromatic hydroxyl groups is 1. The van der Waals surface area contributed by atoms with Crippen LogP contribution in [0.3, 0.4) is 0 Å². The van der Waals surface area contributed by atoms with E-state index in [1.165, 1.54) is 16.6 Å². The molecule has 0 saturated carbocycles. The average Bonchev–Trinajstić information content (AvgIpc) is 2.82. The van der Waals surface area contributed by atoms with Crippen LogP contribution in [-0.4, -0.2) is 30.8 Å². The van der Waals surface area contributed by atoms with Crippen LogP contribution in [-0.2, 0) is 0 Å². The second kappa shape index (κ2) is 4.09. The monoisotopic (exact) mass is 255 g/mol. The molecule has 0 bridgehead atoms. The van der Waals surface area contributed by atoms with Crippen molar-refractivity contribution in [2.24, 2.45) is 0 Å². The van der Waals surface area contributed by atoms with Gasteiger partial charge in [0, 0.05) is 5.56 Å². The third-order valence-electron chi connectivity index (χ3n) is 2.68. The first-order valence-electron chi connectivity index (χ1n) is 5.53. The highest BCUT2D eigenvalue weighted by Crippen LogP contribution is 2.21. The molecule has 0 unspecified atom stereocenters. The normalized spacial score (nSPS) is 10.7. The van der Waals surface area contributed by atoms with Crippen molar-refractivity contribution in [3.05, 3.63) is 48.2 Å². The summed E-state index contributed by atoms with van der Waals surface area (Å²) in [5.41, 5.74) is 1.11. The molecule has 6 nitrogen and oxygen atoms in total. The Hall–Kier alpha value is -2.89. The fourth-order valence-corrected chi connectivity index (χ4v) is 1.83. The molecule has 0 aliphatic heterocycles. The number of hydrogen-bond donors (Lipinski definition) is 2. The first-order valence-corrected chi connectivity index (χ1v) is 5.53. The van der Waals surface area contributed by atoms with Crippen molar-refractivity contribution in [3.63, 3.8) is 0 Å². The number of carboxylic acid groups (broad SMARTS) is 1. The predicted octanol–water partition coefficient (Wildman–Crippen LogP) is 1.80. The van der Waals surface area contributed by atoms with Gasteiger partial charge in [-0.2, -0.15) is 0 Å². The van der Waals surface area contributed by atoms with E-state index >= 15 is 0 Å². The highest BCUT2D eigenvalue weighted by Gasteiger charge is 2.13. The highest BCUT2D eigenvalue weighted by atomic mass is 16.4. The summed E-state index contributed by atoms with van der Waals surface area (Å²) in [6.45, 7) is 0. The fourth-order valence-electron chi connectivity index (χ4n) is 1.83. The maximum atomic E-state index is 11.1. The molecule has 0 aliphatic carbocycles. The molecule has 94 valence electrons. The molecule has 3 aromatic rings. The minimum Gasteiger partial charge on any atom is -0.508 e. The van der Waals surface area contributed by atoms with Crippen LogP contribution in [0.1, 0.15) is 10.5 Å². The van der Waals surface area contributed by atoms with Crippen molar-refractivity contribution in [1.82, 2.24) is 14.6 Å². The molecule has 2 N–H and O–H groups in total. The van der Waals surface area contributed by atoms with Gasteiger partial charge < -0.3 is 10.2 Å². The van der Waals surface area contributed by atoms with Gasteiger partial charge in [0.1, 0.15) is 5.75 Å². The van der Waals surface area contributed by atoms with Gasteiger partial charge in [0.2, 0.25) is 0 Å². The molecular weight excluding hydrogens is 246 g/mol. The summed E-state index contributed by atoms with van der Waals surface area (Å²) in [5.74, 6) is -0.600. The summed E-state index contributed by atoms with van der Waals surface area (Å²) in [6, 6.07) is 11.2. The van der Waals surface area contributed by atoms with Gasteiger partial charge in [0.25, 0.3) is 0 Å². The van der Waals surface area contributed by atoms with Crippen LogP contribution in [0.5, 0.6) is 5.75 Å². The number of phenols is 1. The standard InChI is InChI=1S/C13H9N3O3/c17-9-4-1-3-8(7-9)12-14-11-6-2-5-10(13(18)19)16(11)15-12/h1-7,17H,(H,18,19). The number of hydrogen-bond acceptors (Lipinski definition) is 4. The third kappa shape index (κ3) is 1.89. The lowest BCUT2D eigenvalue weighted by molar-refractivity contribution is 0.0687. The maximum absolute atomic E-state index is 11.1. The zero-order valence-electron chi connectivity index (χ0n) is 9.69. The van der Waals surface area contributed by atoms with Crippen LogP contribution in [0.2, 0.25) is 0 Å². The minimum atomic E-state index is -1.07. The Kier molecular flexibility index (Phi) is 2.42. The average molecular weight is 255 g/mol. The molecule has 2 heterocycles. The first kappa shape index (κ1) is 11.2. The number of nitrogens with zero attached hydrogens (tertiary/aromatic N) is 3. The number of pyridine rings is 1. The maximum Gasteiger partial charge on any atom is 0.354 e. The van der Waals surface area contributed by atoms with Crippen molar-refractivity contribution < 1.29 is 15.0 Å². The minimum absolute atomic E-state index is 0.0383. The molecule has 1 aromatic carbocycles. The first-order chi connectivity index (χ1) is 9.15. The number of carbonyl (C=O) groups is 1. The van der Waals surface area contributed by atoms with Crippen LogP contribution in [0.25, 0.3) is 17.0 Å². The van der Waals surface area contributed by atoms with Crippen molar-refractivity contribution in [2.45, 2.75) is 0 Å². The quantitative estimate of drug-likeness (QED) is 0.729. The second-order valence-electron chi connectivity index (χ2n) is 3.97. The topological polar surface area (TPSA) is 87.7 Å². The van der Waals surface area contributed by atoms with Crippen LogP contribution < -0.4 is 0 Å². The number of benzene rings is 1. The lowest BCUT2D eigenvalue weighted by Crippen LogP contribution is -2.05. The molecule has 3 rings (SSSR count). The SMILES string of the molecule is O=C(O)c1cccc2nc(-c3cccc(O)c3)nn12. The van der Waals surface area contributed by atoms with E-state index < -0.39 is 5.97 Å². The zero-order valence-corrected chi connectivity index (χ0v) is 9.69. The smallest absolute Gasteiger partial charge is 0.354 e. The van der Waals surface area contributed by atoms with Crippen LogP contribution in [0.4, 0.5) is 0 Å². The third-order valence-corrected chi connectivity index (χ3v) is 2.68. The van der Waals surface area contributed by atoms with Gasteiger partial charge in [-0.15, -0.1) is 5.10 Å². The molecule has 19 heavy (non-hydrogen) atoms. The second-order valence-corrected chi connectivity index (χ2v) is 3.97. The van der Waals surface area contributed by atoms with Gasteiger partial charge in [-0.25, -0.2) is 14.3 Å². The summed E-state index contributed by atoms with van der Waals surface area (Å²) in [4.78, 5) is 15.3. The Morgan fingerprint density at radius 3 is 2.68 bits per heavy atom. The summed E-state index contributed by atoms with van der Waals surface area (Å²) in [7, 11) is 0. The number of aromatic carboxylic acids is 1. The predicted molar refractivity (Wildman–Crippen MR) is 67.0 cm³/mol. The van der Waals surface area contributed by atoms with Gasteiger partial charge in [-0.3, -0.25) is 0 Å². The molecule has 0 atom stereocenters. The van der Waals surface area contributed by atoms with Gasteiger partial charge in [-0.05, 0) is 24.3 Å². The number of aromatic nitrogens is 3. The van der Waals surface area contributed by atoms with Crippen molar-refractivity contribution in [2.75, 3.05) is 0 Å². The van der Waals surface area contributed by atoms with E-state index in [0.717, 1.165) is 0 Å². The van der Waals surface area contributed by atoms with E-state index in [2.05, 4.69) is 10.1 Å². The molecule has 0 spiro atoms. The molecular formula is C13H9N3O3. The van der Waals surface area contributed by atoms with Gasteiger partial charge >= 0.3 is 5.97 Å². The van der Waals surface area contributed by atoms with E-state index in [4.69, 9.17) is 5.11 Å². The molecule has 2 aromatic heterocycles. The Balaban J connectivity index is 2.22. The lowest BCUT2D eigenvalue weighted by Gasteiger charge is -1.97. The van der Waals surface area contributed by atoms with Crippen molar-refractivity contribution in [3.8, 4) is 17.1 Å². The summed E-state index contributed by atoms with van der Waals surface area (Å²) in [5, 5.41) is 22.7. The van der Waals surface area contributed by atoms with Gasteiger partial charge in [-0.1, -0.05) is 18.2 Å². The Morgan fingerprint density at radius 1 is 1.16 bits per heavy atom. The Bertz CT molecular complexity index is 780. The summed E-state index contributed by atoms with van der Waals surface area (Å²) in [6.07, 6.45) is 0. The number of fused-ring (bicyclic) bond motifs is 1. The fraction of sp³-hybridized carbons (Fsp3) is 0. The van der Waals surface area contributed by atoms with E-state index in [1.807, 2.05) is 0 Å². The van der Waals surface area contributed by atoms with Gasteiger partial charge in [0.05, 0.1) is 0 Å². The number of phenolic OH excluding ortho intramolecular Hbond substituents is 1. The zero-order chi connectivity index (χ0) is 13.4.